The zero-order valence-corrected chi connectivity index (χ0v) is 18.7. The monoisotopic (exact) mass is 439 g/mol. The second kappa shape index (κ2) is 8.37. The molecular weight excluding hydrogens is 410 g/mol. The number of aromatic nitrogens is 1. The number of benzene rings is 2. The van der Waals surface area contributed by atoms with Crippen LogP contribution in [0.25, 0.3) is 11.1 Å². The molecule has 0 N–H and O–H groups in total. The molecule has 0 amide bonds. The van der Waals surface area contributed by atoms with Crippen molar-refractivity contribution in [1.82, 2.24) is 14.2 Å². The highest BCUT2D eigenvalue weighted by atomic mass is 32.2. The van der Waals surface area contributed by atoms with Crippen molar-refractivity contribution in [3.63, 3.8) is 0 Å². The average Bonchev–Trinajstić information content (AvgIpc) is 3.41. The molecule has 2 saturated heterocycles. The first-order valence-electron chi connectivity index (χ1n) is 11.2. The van der Waals surface area contributed by atoms with E-state index in [2.05, 4.69) is 9.88 Å². The first-order chi connectivity index (χ1) is 15.0. The Bertz CT molecular complexity index is 1130. The van der Waals surface area contributed by atoms with Crippen LogP contribution in [0.15, 0.2) is 57.8 Å². The second-order valence-corrected chi connectivity index (χ2v) is 10.7. The van der Waals surface area contributed by atoms with Crippen LogP contribution in [0.5, 0.6) is 0 Å². The molecular formula is C24H29N3O3S. The van der Waals surface area contributed by atoms with Crippen molar-refractivity contribution in [1.29, 1.82) is 0 Å². The number of hydrogen-bond donors (Lipinski definition) is 0. The summed E-state index contributed by atoms with van der Waals surface area (Å²) in [5, 5.41) is 0. The van der Waals surface area contributed by atoms with Gasteiger partial charge in [0.2, 0.25) is 10.0 Å². The molecule has 2 fully saturated rings. The minimum atomic E-state index is -3.45. The van der Waals surface area contributed by atoms with E-state index in [0.29, 0.717) is 17.4 Å². The van der Waals surface area contributed by atoms with Gasteiger partial charge in [-0.25, -0.2) is 13.4 Å². The lowest BCUT2D eigenvalue weighted by molar-refractivity contribution is 0.170. The van der Waals surface area contributed by atoms with Gasteiger partial charge in [-0.15, -0.1) is 0 Å². The third-order valence-corrected chi connectivity index (χ3v) is 8.58. The molecule has 0 saturated carbocycles. The predicted molar refractivity (Wildman–Crippen MR) is 121 cm³/mol. The van der Waals surface area contributed by atoms with E-state index in [4.69, 9.17) is 4.42 Å². The van der Waals surface area contributed by atoms with Crippen molar-refractivity contribution >= 4 is 21.1 Å². The maximum absolute atomic E-state index is 13.2. The lowest BCUT2D eigenvalue weighted by Crippen LogP contribution is -2.45. The molecule has 0 aliphatic carbocycles. The number of fused-ring (bicyclic) bond motifs is 1. The van der Waals surface area contributed by atoms with Crippen molar-refractivity contribution in [2.75, 3.05) is 26.2 Å². The average molecular weight is 440 g/mol. The molecule has 31 heavy (non-hydrogen) atoms. The fraction of sp³-hybridized carbons (Fsp3) is 0.458. The molecule has 2 aliphatic rings. The summed E-state index contributed by atoms with van der Waals surface area (Å²) in [5.74, 6) is 1.17. The van der Waals surface area contributed by atoms with Gasteiger partial charge in [-0.2, -0.15) is 4.31 Å². The molecule has 164 valence electrons. The van der Waals surface area contributed by atoms with Gasteiger partial charge >= 0.3 is 0 Å². The minimum absolute atomic E-state index is 0.0476. The summed E-state index contributed by atoms with van der Waals surface area (Å²) in [6.45, 7) is 5.23. The van der Waals surface area contributed by atoms with Crippen LogP contribution in [0, 0.1) is 6.92 Å². The Labute approximate surface area is 183 Å². The first-order valence-corrected chi connectivity index (χ1v) is 12.6. The Balaban J connectivity index is 1.23. The van der Waals surface area contributed by atoms with Crippen LogP contribution in [-0.4, -0.2) is 54.8 Å². The lowest BCUT2D eigenvalue weighted by atomic mass is 9.96. The van der Waals surface area contributed by atoms with Gasteiger partial charge in [0.25, 0.3) is 0 Å². The summed E-state index contributed by atoms with van der Waals surface area (Å²) >= 11 is 0. The van der Waals surface area contributed by atoms with Gasteiger partial charge in [-0.05, 0) is 75.5 Å². The largest absolute Gasteiger partial charge is 0.440 e. The Morgan fingerprint density at radius 1 is 1.03 bits per heavy atom. The van der Waals surface area contributed by atoms with E-state index >= 15 is 0 Å². The van der Waals surface area contributed by atoms with E-state index in [1.165, 1.54) is 0 Å². The summed E-state index contributed by atoms with van der Waals surface area (Å²) in [6, 6.07) is 15.2. The van der Waals surface area contributed by atoms with Crippen LogP contribution in [-0.2, 0) is 10.0 Å². The van der Waals surface area contributed by atoms with E-state index in [1.54, 1.807) is 16.4 Å². The number of piperidine rings is 1. The number of para-hydroxylation sites is 2. The van der Waals surface area contributed by atoms with Gasteiger partial charge in [0.15, 0.2) is 11.5 Å². The summed E-state index contributed by atoms with van der Waals surface area (Å²) in [4.78, 5) is 7.50. The number of likely N-dealkylation sites (tertiary alicyclic amines) is 1. The van der Waals surface area contributed by atoms with Crippen molar-refractivity contribution in [2.45, 2.75) is 49.5 Å². The SMILES string of the molecule is Cc1cccc(S(=O)(=O)N2CCC[C@@H]2CN2CCC(c3nc4ccccc4o3)CC2)c1. The van der Waals surface area contributed by atoms with Crippen molar-refractivity contribution in [3.05, 3.63) is 60.0 Å². The number of sulfonamides is 1. The van der Waals surface area contributed by atoms with E-state index in [0.717, 1.165) is 67.9 Å². The number of hydrogen-bond acceptors (Lipinski definition) is 5. The fourth-order valence-corrected chi connectivity index (χ4v) is 6.73. The fourth-order valence-electron chi connectivity index (χ4n) is 4.94. The zero-order chi connectivity index (χ0) is 21.4. The molecule has 2 aliphatic heterocycles. The number of aryl methyl sites for hydroxylation is 1. The molecule has 0 bridgehead atoms. The third-order valence-electron chi connectivity index (χ3n) is 6.64. The summed E-state index contributed by atoms with van der Waals surface area (Å²) < 4.78 is 34.2. The van der Waals surface area contributed by atoms with Gasteiger partial charge in [0, 0.05) is 25.0 Å². The van der Waals surface area contributed by atoms with Gasteiger partial charge < -0.3 is 9.32 Å². The third kappa shape index (κ3) is 4.14. The Kier molecular flexibility index (Phi) is 5.58. The zero-order valence-electron chi connectivity index (χ0n) is 17.9. The first kappa shape index (κ1) is 20.7. The van der Waals surface area contributed by atoms with Gasteiger partial charge in [-0.1, -0.05) is 24.3 Å². The standard InChI is InChI=1S/C24H29N3O3S/c1-18-6-4-8-21(16-18)31(28,29)27-13-5-7-20(27)17-26-14-11-19(12-15-26)24-25-22-9-2-3-10-23(22)30-24/h2-4,6,8-10,16,19-20H,5,7,11-15,17H2,1H3/t20-/m1/s1. The molecule has 0 spiro atoms. The van der Waals surface area contributed by atoms with Crippen molar-refractivity contribution < 1.29 is 12.8 Å². The van der Waals surface area contributed by atoms with Crippen molar-refractivity contribution in [2.24, 2.45) is 0 Å². The van der Waals surface area contributed by atoms with Crippen LogP contribution in [0.1, 0.15) is 43.1 Å². The normalized spacial score (nSPS) is 21.8. The lowest BCUT2D eigenvalue weighted by Gasteiger charge is -2.34. The van der Waals surface area contributed by atoms with E-state index in [9.17, 15) is 8.42 Å². The minimum Gasteiger partial charge on any atom is -0.440 e. The smallest absolute Gasteiger partial charge is 0.243 e. The summed E-state index contributed by atoms with van der Waals surface area (Å²) in [5.41, 5.74) is 2.74. The molecule has 1 aromatic heterocycles. The molecule has 2 aromatic carbocycles. The molecule has 1 atom stereocenters. The predicted octanol–water partition coefficient (Wildman–Crippen LogP) is 4.17. The molecule has 3 heterocycles. The molecule has 0 unspecified atom stereocenters. The van der Waals surface area contributed by atoms with Crippen LogP contribution in [0.4, 0.5) is 0 Å². The summed E-state index contributed by atoms with van der Waals surface area (Å²) in [6.07, 6.45) is 3.83. The Morgan fingerprint density at radius 2 is 1.84 bits per heavy atom. The quantitative estimate of drug-likeness (QED) is 0.597. The van der Waals surface area contributed by atoms with Gasteiger partial charge in [0.05, 0.1) is 4.90 Å². The highest BCUT2D eigenvalue weighted by molar-refractivity contribution is 7.89. The molecule has 0 radical (unpaired) electrons. The maximum Gasteiger partial charge on any atom is 0.243 e. The van der Waals surface area contributed by atoms with Crippen molar-refractivity contribution in [3.8, 4) is 0 Å². The Morgan fingerprint density at radius 3 is 2.61 bits per heavy atom. The summed E-state index contributed by atoms with van der Waals surface area (Å²) in [7, 11) is -3.45. The maximum atomic E-state index is 13.2. The van der Waals surface area contributed by atoms with Crippen LogP contribution in [0.2, 0.25) is 0 Å². The second-order valence-electron chi connectivity index (χ2n) is 8.82. The Hall–Kier alpha value is -2.22. The van der Waals surface area contributed by atoms with E-state index < -0.39 is 10.0 Å². The molecule has 5 rings (SSSR count). The van der Waals surface area contributed by atoms with Gasteiger partial charge in [0.1, 0.15) is 5.52 Å². The van der Waals surface area contributed by atoms with Crippen LogP contribution in [0.3, 0.4) is 0 Å². The van der Waals surface area contributed by atoms with Crippen LogP contribution >= 0.6 is 0 Å². The van der Waals surface area contributed by atoms with E-state index in [1.807, 2.05) is 43.3 Å². The van der Waals surface area contributed by atoms with Crippen LogP contribution < -0.4 is 0 Å². The number of oxazole rings is 1. The molecule has 7 heteroatoms. The molecule has 6 nitrogen and oxygen atoms in total. The molecule has 3 aromatic rings. The highest BCUT2D eigenvalue weighted by Gasteiger charge is 2.37. The van der Waals surface area contributed by atoms with Gasteiger partial charge in [-0.3, -0.25) is 0 Å². The number of nitrogens with zero attached hydrogens (tertiary/aromatic N) is 3. The number of rotatable bonds is 5. The van der Waals surface area contributed by atoms with E-state index in [-0.39, 0.29) is 6.04 Å². The highest BCUT2D eigenvalue weighted by Crippen LogP contribution is 2.32. The topological polar surface area (TPSA) is 66.7 Å².